The van der Waals surface area contributed by atoms with Crippen LogP contribution in [0.2, 0.25) is 5.02 Å². The SMILES string of the molecule is Cc1cn2nc(Nc3n[nH]c4cc(N5CCNCC5)cc(Cl)c34)cc(C)c2n1. The van der Waals surface area contributed by atoms with E-state index < -0.39 is 0 Å². The number of aromatic amines is 1. The summed E-state index contributed by atoms with van der Waals surface area (Å²) >= 11 is 6.65. The van der Waals surface area contributed by atoms with Gasteiger partial charge in [-0.05, 0) is 37.6 Å². The first kappa shape index (κ1) is 17.3. The number of piperazine rings is 1. The number of benzene rings is 1. The Morgan fingerprint density at radius 2 is 1.96 bits per heavy atom. The van der Waals surface area contributed by atoms with Crippen molar-refractivity contribution >= 4 is 45.5 Å². The first-order valence-corrected chi connectivity index (χ1v) is 9.70. The van der Waals surface area contributed by atoms with Gasteiger partial charge < -0.3 is 15.5 Å². The number of imidazole rings is 1. The van der Waals surface area contributed by atoms with Crippen LogP contribution >= 0.6 is 11.6 Å². The van der Waals surface area contributed by atoms with E-state index in [2.05, 4.69) is 41.9 Å². The van der Waals surface area contributed by atoms with Crippen LogP contribution < -0.4 is 15.5 Å². The second kappa shape index (κ2) is 6.65. The average molecular weight is 397 g/mol. The highest BCUT2D eigenvalue weighted by atomic mass is 35.5. The molecule has 0 amide bonds. The van der Waals surface area contributed by atoms with Gasteiger partial charge in [0.05, 0.1) is 27.8 Å². The highest BCUT2D eigenvalue weighted by Crippen LogP contribution is 2.34. The van der Waals surface area contributed by atoms with E-state index in [9.17, 15) is 0 Å². The fraction of sp³-hybridized carbons (Fsp3) is 0.316. The summed E-state index contributed by atoms with van der Waals surface area (Å²) in [5, 5.41) is 20.3. The van der Waals surface area contributed by atoms with Crippen molar-refractivity contribution in [2.45, 2.75) is 13.8 Å². The molecule has 144 valence electrons. The molecule has 1 aromatic carbocycles. The van der Waals surface area contributed by atoms with E-state index in [1.807, 2.05) is 32.2 Å². The largest absolute Gasteiger partial charge is 0.369 e. The van der Waals surface area contributed by atoms with Crippen molar-refractivity contribution in [3.63, 3.8) is 0 Å². The first-order chi connectivity index (χ1) is 13.6. The highest BCUT2D eigenvalue weighted by molar-refractivity contribution is 6.36. The van der Waals surface area contributed by atoms with Gasteiger partial charge in [0.15, 0.2) is 17.3 Å². The summed E-state index contributed by atoms with van der Waals surface area (Å²) in [4.78, 5) is 6.82. The molecule has 4 heterocycles. The van der Waals surface area contributed by atoms with Gasteiger partial charge in [0.25, 0.3) is 0 Å². The van der Waals surface area contributed by atoms with E-state index in [1.54, 1.807) is 4.52 Å². The van der Waals surface area contributed by atoms with Crippen LogP contribution in [-0.4, -0.2) is 51.0 Å². The van der Waals surface area contributed by atoms with Gasteiger partial charge in [0, 0.05) is 31.9 Å². The number of aromatic nitrogens is 5. The molecule has 1 aliphatic rings. The van der Waals surface area contributed by atoms with Gasteiger partial charge in [-0.3, -0.25) is 5.10 Å². The first-order valence-electron chi connectivity index (χ1n) is 9.32. The van der Waals surface area contributed by atoms with Crippen LogP contribution in [0, 0.1) is 13.8 Å². The van der Waals surface area contributed by atoms with Crippen molar-refractivity contribution in [2.24, 2.45) is 0 Å². The molecule has 28 heavy (non-hydrogen) atoms. The second-order valence-electron chi connectivity index (χ2n) is 7.15. The van der Waals surface area contributed by atoms with Crippen molar-refractivity contribution in [1.82, 2.24) is 30.1 Å². The minimum Gasteiger partial charge on any atom is -0.369 e. The lowest BCUT2D eigenvalue weighted by Gasteiger charge is -2.29. The smallest absolute Gasteiger partial charge is 0.162 e. The Morgan fingerprint density at radius 3 is 2.79 bits per heavy atom. The maximum absolute atomic E-state index is 6.65. The molecule has 0 radical (unpaired) electrons. The van der Waals surface area contributed by atoms with Crippen molar-refractivity contribution in [3.8, 4) is 0 Å². The number of fused-ring (bicyclic) bond motifs is 2. The van der Waals surface area contributed by atoms with E-state index in [0.717, 1.165) is 59.7 Å². The van der Waals surface area contributed by atoms with Gasteiger partial charge in [0.1, 0.15) is 0 Å². The lowest BCUT2D eigenvalue weighted by molar-refractivity contribution is 0.589. The number of nitrogens with one attached hydrogen (secondary N) is 3. The lowest BCUT2D eigenvalue weighted by atomic mass is 10.2. The molecule has 5 rings (SSSR count). The lowest BCUT2D eigenvalue weighted by Crippen LogP contribution is -2.43. The molecule has 3 aromatic heterocycles. The van der Waals surface area contributed by atoms with Crippen LogP contribution in [0.15, 0.2) is 24.4 Å². The Morgan fingerprint density at radius 1 is 1.14 bits per heavy atom. The molecule has 0 atom stereocenters. The Balaban J connectivity index is 1.51. The van der Waals surface area contributed by atoms with Crippen LogP contribution in [-0.2, 0) is 0 Å². The third-order valence-electron chi connectivity index (χ3n) is 5.06. The van der Waals surface area contributed by atoms with E-state index >= 15 is 0 Å². The molecule has 4 aromatic rings. The number of anilines is 3. The Labute approximate surface area is 166 Å². The zero-order chi connectivity index (χ0) is 19.3. The van der Waals surface area contributed by atoms with Crippen LogP contribution in [0.1, 0.15) is 11.3 Å². The topological polar surface area (TPSA) is 86.2 Å². The van der Waals surface area contributed by atoms with Crippen molar-refractivity contribution in [2.75, 3.05) is 36.4 Å². The number of H-pyrrole nitrogens is 1. The monoisotopic (exact) mass is 396 g/mol. The zero-order valence-corrected chi connectivity index (χ0v) is 16.5. The van der Waals surface area contributed by atoms with Gasteiger partial charge in [0.2, 0.25) is 0 Å². The molecule has 1 fully saturated rings. The third kappa shape index (κ3) is 2.94. The van der Waals surface area contributed by atoms with E-state index in [4.69, 9.17) is 11.6 Å². The minimum absolute atomic E-state index is 0.662. The summed E-state index contributed by atoms with van der Waals surface area (Å²) in [5.41, 5.74) is 4.84. The number of hydrogen-bond donors (Lipinski definition) is 3. The summed E-state index contributed by atoms with van der Waals surface area (Å²) in [6.45, 7) is 7.87. The summed E-state index contributed by atoms with van der Waals surface area (Å²) in [6.07, 6.45) is 1.91. The molecular weight excluding hydrogens is 376 g/mol. The third-order valence-corrected chi connectivity index (χ3v) is 5.36. The molecule has 0 unspecified atom stereocenters. The summed E-state index contributed by atoms with van der Waals surface area (Å²) in [5.74, 6) is 1.35. The van der Waals surface area contributed by atoms with Gasteiger partial charge in [-0.15, -0.1) is 5.10 Å². The Hall–Kier alpha value is -2.84. The molecule has 0 spiro atoms. The van der Waals surface area contributed by atoms with Crippen LogP contribution in [0.5, 0.6) is 0 Å². The number of hydrogen-bond acceptors (Lipinski definition) is 6. The van der Waals surface area contributed by atoms with Crippen LogP contribution in [0.3, 0.4) is 0 Å². The second-order valence-corrected chi connectivity index (χ2v) is 7.55. The van der Waals surface area contributed by atoms with E-state index in [-0.39, 0.29) is 0 Å². The van der Waals surface area contributed by atoms with Crippen LogP contribution in [0.4, 0.5) is 17.3 Å². The maximum atomic E-state index is 6.65. The fourth-order valence-electron chi connectivity index (χ4n) is 3.72. The summed E-state index contributed by atoms with van der Waals surface area (Å²) in [6, 6.07) is 6.08. The predicted molar refractivity (Wildman–Crippen MR) is 112 cm³/mol. The normalized spacial score (nSPS) is 14.9. The number of aryl methyl sites for hydroxylation is 2. The number of rotatable bonds is 3. The average Bonchev–Trinajstić information content (AvgIpc) is 3.26. The van der Waals surface area contributed by atoms with Gasteiger partial charge >= 0.3 is 0 Å². The van der Waals surface area contributed by atoms with E-state index in [0.29, 0.717) is 16.7 Å². The molecule has 0 aliphatic carbocycles. The minimum atomic E-state index is 0.662. The molecule has 1 saturated heterocycles. The standard InChI is InChI=1S/C19H21ClN8/c1-11-7-16(26-28-10-12(2)22-19(11)28)23-18-17-14(20)8-13(9-15(17)24-25-18)27-5-3-21-4-6-27/h7-10,21H,3-6H2,1-2H3,(H2,23,24,25,26). The molecule has 0 bridgehead atoms. The maximum Gasteiger partial charge on any atom is 0.162 e. The van der Waals surface area contributed by atoms with Crippen LogP contribution in [0.25, 0.3) is 16.6 Å². The quantitative estimate of drug-likeness (QED) is 0.493. The van der Waals surface area contributed by atoms with Gasteiger partial charge in [-0.1, -0.05) is 11.6 Å². The molecular formula is C19H21ClN8. The highest BCUT2D eigenvalue weighted by Gasteiger charge is 2.17. The Bertz CT molecular complexity index is 1170. The number of nitrogens with zero attached hydrogens (tertiary/aromatic N) is 5. The van der Waals surface area contributed by atoms with E-state index in [1.165, 1.54) is 0 Å². The predicted octanol–water partition coefficient (Wildman–Crippen LogP) is 3.03. The summed E-state index contributed by atoms with van der Waals surface area (Å²) in [7, 11) is 0. The van der Waals surface area contributed by atoms with Crippen molar-refractivity contribution in [3.05, 3.63) is 40.7 Å². The Kier molecular flexibility index (Phi) is 4.10. The molecule has 0 saturated carbocycles. The van der Waals surface area contributed by atoms with Gasteiger partial charge in [-0.25, -0.2) is 9.50 Å². The molecule has 9 heteroatoms. The summed E-state index contributed by atoms with van der Waals surface area (Å²) < 4.78 is 1.78. The van der Waals surface area contributed by atoms with Gasteiger partial charge in [-0.2, -0.15) is 5.10 Å². The fourth-order valence-corrected chi connectivity index (χ4v) is 4.02. The molecule has 3 N–H and O–H groups in total. The van der Waals surface area contributed by atoms with Crippen molar-refractivity contribution < 1.29 is 0 Å². The molecule has 1 aliphatic heterocycles. The van der Waals surface area contributed by atoms with Crippen molar-refractivity contribution in [1.29, 1.82) is 0 Å². The zero-order valence-electron chi connectivity index (χ0n) is 15.8. The molecule has 8 nitrogen and oxygen atoms in total. The number of halogens is 1.